The molecule has 0 spiro atoms. The van der Waals surface area contributed by atoms with Gasteiger partial charge in [-0.3, -0.25) is 14.0 Å². The molecule has 1 saturated heterocycles. The fourth-order valence-electron chi connectivity index (χ4n) is 4.04. The number of aromatic nitrogens is 2. The monoisotopic (exact) mass is 456 g/mol. The summed E-state index contributed by atoms with van der Waals surface area (Å²) >= 11 is 0. The Morgan fingerprint density at radius 2 is 1.88 bits per heavy atom. The van der Waals surface area contributed by atoms with Crippen molar-refractivity contribution in [3.8, 4) is 6.07 Å². The molecule has 4 rings (SSSR count). The Labute approximate surface area is 198 Å². The molecule has 3 heterocycles. The molecule has 8 heteroatoms. The van der Waals surface area contributed by atoms with Crippen LogP contribution in [0.1, 0.15) is 16.7 Å². The summed E-state index contributed by atoms with van der Waals surface area (Å²) in [6, 6.07) is 15.5. The summed E-state index contributed by atoms with van der Waals surface area (Å²) in [4.78, 5) is 35.3. The van der Waals surface area contributed by atoms with Crippen molar-refractivity contribution < 1.29 is 4.79 Å². The van der Waals surface area contributed by atoms with Crippen molar-refractivity contribution in [2.24, 2.45) is 0 Å². The Morgan fingerprint density at radius 3 is 2.59 bits per heavy atom. The van der Waals surface area contributed by atoms with Crippen molar-refractivity contribution in [2.75, 3.05) is 44.7 Å². The molecule has 0 unspecified atom stereocenters. The van der Waals surface area contributed by atoms with Gasteiger partial charge in [0.15, 0.2) is 0 Å². The summed E-state index contributed by atoms with van der Waals surface area (Å²) in [6.45, 7) is 5.38. The Morgan fingerprint density at radius 1 is 1.15 bits per heavy atom. The number of hydrogen-bond acceptors (Lipinski definition) is 6. The average Bonchev–Trinajstić information content (AvgIpc) is 2.85. The van der Waals surface area contributed by atoms with Crippen LogP contribution >= 0.6 is 0 Å². The number of amides is 1. The van der Waals surface area contributed by atoms with Gasteiger partial charge in [0.25, 0.3) is 11.5 Å². The lowest BCUT2D eigenvalue weighted by atomic mass is 10.1. The van der Waals surface area contributed by atoms with Crippen LogP contribution in [0.5, 0.6) is 0 Å². The lowest BCUT2D eigenvalue weighted by Gasteiger charge is -2.34. The predicted molar refractivity (Wildman–Crippen MR) is 133 cm³/mol. The zero-order valence-electron chi connectivity index (χ0n) is 19.5. The number of benzene rings is 1. The van der Waals surface area contributed by atoms with E-state index < -0.39 is 5.91 Å². The second-order valence-electron chi connectivity index (χ2n) is 8.49. The fourth-order valence-corrected chi connectivity index (χ4v) is 4.04. The predicted octanol–water partition coefficient (Wildman–Crippen LogP) is 2.02. The molecule has 34 heavy (non-hydrogen) atoms. The molecule has 1 aliphatic heterocycles. The Hall–Kier alpha value is -3.96. The number of rotatable bonds is 6. The molecule has 2 aromatic heterocycles. The summed E-state index contributed by atoms with van der Waals surface area (Å²) in [7, 11) is 2.05. The molecule has 1 amide bonds. The molecular formula is C26H28N6O2. The van der Waals surface area contributed by atoms with Gasteiger partial charge in [-0.05, 0) is 43.7 Å². The summed E-state index contributed by atoms with van der Waals surface area (Å²) in [5, 5.41) is 12.5. The van der Waals surface area contributed by atoms with E-state index in [1.807, 2.05) is 49.4 Å². The molecule has 174 valence electrons. The second kappa shape index (κ2) is 10.3. The molecule has 0 saturated carbocycles. The molecule has 1 aromatic carbocycles. The number of anilines is 1. The third kappa shape index (κ3) is 5.00. The number of carbonyl (C=O) groups excluding carboxylic acids is 1. The molecule has 1 fully saturated rings. The Balaban J connectivity index is 1.68. The number of nitriles is 1. The van der Waals surface area contributed by atoms with Crippen molar-refractivity contribution in [3.63, 3.8) is 0 Å². The first-order valence-corrected chi connectivity index (χ1v) is 11.4. The van der Waals surface area contributed by atoms with Crippen LogP contribution in [-0.4, -0.2) is 60.0 Å². The zero-order chi connectivity index (χ0) is 24.1. The average molecular weight is 457 g/mol. The van der Waals surface area contributed by atoms with Gasteiger partial charge in [0.1, 0.15) is 23.1 Å². The molecule has 3 aromatic rings. The summed E-state index contributed by atoms with van der Waals surface area (Å²) in [5.74, 6) is 0.00809. The largest absolute Gasteiger partial charge is 0.353 e. The van der Waals surface area contributed by atoms with Crippen LogP contribution in [0.3, 0.4) is 0 Å². The quantitative estimate of drug-likeness (QED) is 0.451. The van der Waals surface area contributed by atoms with E-state index in [-0.39, 0.29) is 16.7 Å². The minimum absolute atomic E-state index is 0.116. The Kier molecular flexibility index (Phi) is 7.04. The van der Waals surface area contributed by atoms with E-state index >= 15 is 0 Å². The number of nitrogens with one attached hydrogen (secondary N) is 1. The standard InChI is InChI=1S/C26H28N6O2/c1-19-7-6-12-32-23(19)29-24(31-15-13-30(2)14-16-31)22(26(32)34)17-21(18-27)25(33)28-11-10-20-8-4-3-5-9-20/h3-9,12,17H,10-11,13-16H2,1-2H3,(H,28,33)/b21-17+. The third-order valence-electron chi connectivity index (χ3n) is 6.06. The third-order valence-corrected chi connectivity index (χ3v) is 6.06. The van der Waals surface area contributed by atoms with Crippen LogP contribution in [0, 0.1) is 18.3 Å². The first-order valence-electron chi connectivity index (χ1n) is 11.4. The smallest absolute Gasteiger partial charge is 0.267 e. The molecule has 0 radical (unpaired) electrons. The van der Waals surface area contributed by atoms with Gasteiger partial charge in [-0.2, -0.15) is 5.26 Å². The number of carbonyl (C=O) groups is 1. The first kappa shape index (κ1) is 23.2. The van der Waals surface area contributed by atoms with Crippen LogP contribution < -0.4 is 15.8 Å². The van der Waals surface area contributed by atoms with E-state index in [9.17, 15) is 14.9 Å². The number of pyridine rings is 1. The van der Waals surface area contributed by atoms with Gasteiger partial charge >= 0.3 is 0 Å². The number of aryl methyl sites for hydroxylation is 1. The topological polar surface area (TPSA) is 93.7 Å². The summed E-state index contributed by atoms with van der Waals surface area (Å²) < 4.78 is 1.48. The highest BCUT2D eigenvalue weighted by Gasteiger charge is 2.22. The molecular weight excluding hydrogens is 428 g/mol. The van der Waals surface area contributed by atoms with Crippen LogP contribution in [0.25, 0.3) is 11.7 Å². The lowest BCUT2D eigenvalue weighted by molar-refractivity contribution is -0.117. The van der Waals surface area contributed by atoms with Crippen molar-refractivity contribution in [2.45, 2.75) is 13.3 Å². The Bertz CT molecular complexity index is 1310. The number of piperazine rings is 1. The number of fused-ring (bicyclic) bond motifs is 1. The van der Waals surface area contributed by atoms with Gasteiger partial charge in [0, 0.05) is 38.9 Å². The van der Waals surface area contributed by atoms with Gasteiger partial charge in [0.05, 0.1) is 5.56 Å². The highest BCUT2D eigenvalue weighted by molar-refractivity contribution is 6.02. The van der Waals surface area contributed by atoms with Crippen LogP contribution in [0.4, 0.5) is 5.82 Å². The van der Waals surface area contributed by atoms with Crippen molar-refractivity contribution >= 4 is 23.4 Å². The first-order chi connectivity index (χ1) is 16.5. The minimum Gasteiger partial charge on any atom is -0.353 e. The maximum Gasteiger partial charge on any atom is 0.267 e. The lowest BCUT2D eigenvalue weighted by Crippen LogP contribution is -2.45. The molecule has 0 bridgehead atoms. The fraction of sp³-hybridized carbons (Fsp3) is 0.308. The van der Waals surface area contributed by atoms with Crippen LogP contribution in [0.15, 0.2) is 59.0 Å². The summed E-state index contributed by atoms with van der Waals surface area (Å²) in [6.07, 6.45) is 3.70. The molecule has 0 atom stereocenters. The SMILES string of the molecule is Cc1cccn2c(=O)c(/C=C(\C#N)C(=O)NCCc3ccccc3)c(N3CCN(C)CC3)nc12. The van der Waals surface area contributed by atoms with E-state index in [1.54, 1.807) is 12.3 Å². The maximum atomic E-state index is 13.5. The van der Waals surface area contributed by atoms with Crippen molar-refractivity contribution in [1.82, 2.24) is 19.6 Å². The molecule has 1 N–H and O–H groups in total. The van der Waals surface area contributed by atoms with Gasteiger partial charge in [-0.15, -0.1) is 0 Å². The van der Waals surface area contributed by atoms with Gasteiger partial charge in [-0.1, -0.05) is 36.4 Å². The van der Waals surface area contributed by atoms with Gasteiger partial charge in [0.2, 0.25) is 0 Å². The van der Waals surface area contributed by atoms with Gasteiger partial charge < -0.3 is 15.1 Å². The minimum atomic E-state index is -0.503. The van der Waals surface area contributed by atoms with Crippen molar-refractivity contribution in [1.29, 1.82) is 5.26 Å². The maximum absolute atomic E-state index is 13.5. The van der Waals surface area contributed by atoms with Crippen molar-refractivity contribution in [3.05, 3.63) is 81.3 Å². The van der Waals surface area contributed by atoms with E-state index in [0.717, 1.165) is 24.2 Å². The van der Waals surface area contributed by atoms with Gasteiger partial charge in [-0.25, -0.2) is 4.98 Å². The second-order valence-corrected chi connectivity index (χ2v) is 8.49. The van der Waals surface area contributed by atoms with E-state index in [2.05, 4.69) is 22.2 Å². The molecule has 8 nitrogen and oxygen atoms in total. The molecule has 0 aliphatic carbocycles. The highest BCUT2D eigenvalue weighted by Crippen LogP contribution is 2.21. The van der Waals surface area contributed by atoms with E-state index in [0.29, 0.717) is 37.5 Å². The van der Waals surface area contributed by atoms with Crippen LogP contribution in [0.2, 0.25) is 0 Å². The number of nitrogens with zero attached hydrogens (tertiary/aromatic N) is 5. The highest BCUT2D eigenvalue weighted by atomic mass is 16.1. The zero-order valence-corrected chi connectivity index (χ0v) is 19.5. The normalized spacial score (nSPS) is 14.7. The number of likely N-dealkylation sites (N-methyl/N-ethyl adjacent to an activating group) is 1. The van der Waals surface area contributed by atoms with E-state index in [4.69, 9.17) is 4.98 Å². The summed E-state index contributed by atoms with van der Waals surface area (Å²) in [5.41, 5.74) is 2.38. The molecule has 1 aliphatic rings. The van der Waals surface area contributed by atoms with Crippen LogP contribution in [-0.2, 0) is 11.2 Å². The number of hydrogen-bond donors (Lipinski definition) is 1. The van der Waals surface area contributed by atoms with E-state index in [1.165, 1.54) is 10.5 Å².